The third-order valence-electron chi connectivity index (χ3n) is 3.99. The molecule has 0 atom stereocenters. The monoisotopic (exact) mass is 480 g/mol. The Morgan fingerprint density at radius 2 is 1.70 bits per heavy atom. The fourth-order valence-corrected chi connectivity index (χ4v) is 6.24. The molecule has 146 valence electrons. The highest BCUT2D eigenvalue weighted by atomic mass is 79.9. The molecule has 3 rings (SSSR count). The van der Waals surface area contributed by atoms with Crippen LogP contribution in [0.5, 0.6) is 5.75 Å². The zero-order valence-corrected chi connectivity index (χ0v) is 17.1. The lowest BCUT2D eigenvalue weighted by molar-refractivity contribution is -0.0498. The van der Waals surface area contributed by atoms with E-state index in [1.54, 1.807) is 17.0 Å². The molecular weight excluding hydrogens is 466 g/mol. The van der Waals surface area contributed by atoms with E-state index in [4.69, 9.17) is 0 Å². The second kappa shape index (κ2) is 8.21. The van der Waals surface area contributed by atoms with Gasteiger partial charge in [0.05, 0.1) is 3.79 Å². The summed E-state index contributed by atoms with van der Waals surface area (Å²) in [7, 11) is -3.58. The Morgan fingerprint density at radius 3 is 2.22 bits per heavy atom. The van der Waals surface area contributed by atoms with Crippen molar-refractivity contribution in [1.29, 1.82) is 0 Å². The number of piperazine rings is 1. The summed E-state index contributed by atoms with van der Waals surface area (Å²) < 4.78 is 56.2. The number of nitrogens with zero attached hydrogens (tertiary/aromatic N) is 2. The standard InChI is InChI=1S/C16H15BrF2N2O4S2/c17-13-5-6-14(26-13)27(23,24)21-9-7-20(8-10-21)15(22)11-1-3-12(4-2-11)25-16(18)19/h1-6,16H,7-10H2. The van der Waals surface area contributed by atoms with Gasteiger partial charge in [-0.25, -0.2) is 8.42 Å². The van der Waals surface area contributed by atoms with E-state index in [-0.39, 0.29) is 42.0 Å². The molecule has 11 heteroatoms. The fraction of sp³-hybridized carbons (Fsp3) is 0.312. The molecule has 1 saturated heterocycles. The van der Waals surface area contributed by atoms with Gasteiger partial charge < -0.3 is 9.64 Å². The second-order valence-electron chi connectivity index (χ2n) is 5.66. The van der Waals surface area contributed by atoms with Crippen LogP contribution in [0.2, 0.25) is 0 Å². The second-order valence-corrected chi connectivity index (χ2v) is 10.3. The van der Waals surface area contributed by atoms with E-state index in [9.17, 15) is 22.0 Å². The summed E-state index contributed by atoms with van der Waals surface area (Å²) >= 11 is 4.39. The first-order valence-corrected chi connectivity index (χ1v) is 10.9. The highest BCUT2D eigenvalue weighted by Gasteiger charge is 2.31. The van der Waals surface area contributed by atoms with Crippen LogP contribution in [-0.4, -0.2) is 56.3 Å². The summed E-state index contributed by atoms with van der Waals surface area (Å²) in [5, 5.41) is 0. The first-order valence-electron chi connectivity index (χ1n) is 7.87. The van der Waals surface area contributed by atoms with Crippen LogP contribution in [0, 0.1) is 0 Å². The number of thiophene rings is 1. The van der Waals surface area contributed by atoms with Gasteiger partial charge in [-0.2, -0.15) is 13.1 Å². The number of hydrogen-bond donors (Lipinski definition) is 0. The quantitative estimate of drug-likeness (QED) is 0.658. The van der Waals surface area contributed by atoms with E-state index in [1.165, 1.54) is 28.6 Å². The number of amides is 1. The van der Waals surface area contributed by atoms with Gasteiger partial charge >= 0.3 is 6.61 Å². The Morgan fingerprint density at radius 1 is 1.07 bits per heavy atom. The Kier molecular flexibility index (Phi) is 6.14. The Labute approximate surface area is 167 Å². The molecule has 2 heterocycles. The molecular formula is C16H15BrF2N2O4S2. The zero-order chi connectivity index (χ0) is 19.6. The Hall–Kier alpha value is -1.56. The molecule has 0 saturated carbocycles. The van der Waals surface area contributed by atoms with E-state index in [1.807, 2.05) is 0 Å². The minimum absolute atomic E-state index is 0.0282. The van der Waals surface area contributed by atoms with Crippen LogP contribution >= 0.6 is 27.3 Å². The van der Waals surface area contributed by atoms with Gasteiger partial charge in [-0.15, -0.1) is 11.3 Å². The normalized spacial score (nSPS) is 15.9. The van der Waals surface area contributed by atoms with Crippen molar-refractivity contribution in [2.24, 2.45) is 0 Å². The van der Waals surface area contributed by atoms with Gasteiger partial charge in [0.2, 0.25) is 0 Å². The first-order chi connectivity index (χ1) is 12.8. The van der Waals surface area contributed by atoms with Gasteiger partial charge in [0.25, 0.3) is 15.9 Å². The van der Waals surface area contributed by atoms with E-state index in [0.717, 1.165) is 15.1 Å². The molecule has 0 unspecified atom stereocenters. The molecule has 0 bridgehead atoms. The zero-order valence-electron chi connectivity index (χ0n) is 13.8. The molecule has 0 spiro atoms. The van der Waals surface area contributed by atoms with Crippen molar-refractivity contribution < 1.29 is 26.7 Å². The predicted molar refractivity (Wildman–Crippen MR) is 99.8 cm³/mol. The molecule has 0 aliphatic carbocycles. The third-order valence-corrected chi connectivity index (χ3v) is 7.98. The minimum Gasteiger partial charge on any atom is -0.435 e. The molecule has 1 aliphatic heterocycles. The van der Waals surface area contributed by atoms with Crippen LogP contribution < -0.4 is 4.74 Å². The highest BCUT2D eigenvalue weighted by molar-refractivity contribution is 9.11. The Bertz CT molecular complexity index is 911. The average Bonchev–Trinajstić information content (AvgIpc) is 3.09. The Balaban J connectivity index is 1.62. The number of carbonyl (C=O) groups is 1. The van der Waals surface area contributed by atoms with Crippen molar-refractivity contribution in [3.05, 3.63) is 45.7 Å². The van der Waals surface area contributed by atoms with E-state index >= 15 is 0 Å². The summed E-state index contributed by atoms with van der Waals surface area (Å²) in [5.41, 5.74) is 0.329. The fourth-order valence-electron chi connectivity index (χ4n) is 2.66. The van der Waals surface area contributed by atoms with Gasteiger partial charge in [0.1, 0.15) is 9.96 Å². The van der Waals surface area contributed by atoms with Gasteiger partial charge in [0, 0.05) is 31.7 Å². The maximum absolute atomic E-state index is 12.6. The lowest BCUT2D eigenvalue weighted by Gasteiger charge is -2.33. The van der Waals surface area contributed by atoms with Crippen LogP contribution in [0.1, 0.15) is 10.4 Å². The van der Waals surface area contributed by atoms with Crippen molar-refractivity contribution in [2.45, 2.75) is 10.8 Å². The molecule has 0 N–H and O–H groups in total. The highest BCUT2D eigenvalue weighted by Crippen LogP contribution is 2.29. The van der Waals surface area contributed by atoms with Gasteiger partial charge in [0.15, 0.2) is 0 Å². The summed E-state index contributed by atoms with van der Waals surface area (Å²) in [6.07, 6.45) is 0. The van der Waals surface area contributed by atoms with Crippen LogP contribution in [0.3, 0.4) is 0 Å². The molecule has 1 aliphatic rings. The number of benzene rings is 1. The smallest absolute Gasteiger partial charge is 0.387 e. The van der Waals surface area contributed by atoms with Crippen molar-refractivity contribution in [3.8, 4) is 5.75 Å². The third kappa shape index (κ3) is 4.65. The first kappa shape index (κ1) is 20.2. The molecule has 6 nitrogen and oxygen atoms in total. The van der Waals surface area contributed by atoms with Crippen molar-refractivity contribution in [2.75, 3.05) is 26.2 Å². The van der Waals surface area contributed by atoms with Gasteiger partial charge in [-0.1, -0.05) is 0 Å². The van der Waals surface area contributed by atoms with Crippen LogP contribution in [0.15, 0.2) is 44.4 Å². The average molecular weight is 481 g/mol. The number of halogens is 3. The lowest BCUT2D eigenvalue weighted by atomic mass is 10.2. The molecule has 1 aromatic heterocycles. The van der Waals surface area contributed by atoms with Crippen molar-refractivity contribution in [1.82, 2.24) is 9.21 Å². The molecule has 1 fully saturated rings. The molecule has 1 amide bonds. The van der Waals surface area contributed by atoms with Crippen LogP contribution in [0.4, 0.5) is 8.78 Å². The lowest BCUT2D eigenvalue weighted by Crippen LogP contribution is -2.50. The molecule has 1 aromatic carbocycles. The van der Waals surface area contributed by atoms with Crippen LogP contribution in [-0.2, 0) is 10.0 Å². The summed E-state index contributed by atoms with van der Waals surface area (Å²) in [6, 6.07) is 8.64. The summed E-state index contributed by atoms with van der Waals surface area (Å²) in [4.78, 5) is 14.1. The van der Waals surface area contributed by atoms with Crippen LogP contribution in [0.25, 0.3) is 0 Å². The maximum Gasteiger partial charge on any atom is 0.387 e. The number of rotatable bonds is 5. The SMILES string of the molecule is O=C(c1ccc(OC(F)F)cc1)N1CCN(S(=O)(=O)c2ccc(Br)s2)CC1. The summed E-state index contributed by atoms with van der Waals surface area (Å²) in [5.74, 6) is -0.311. The van der Waals surface area contributed by atoms with Crippen molar-refractivity contribution in [3.63, 3.8) is 0 Å². The van der Waals surface area contributed by atoms with Gasteiger partial charge in [-0.05, 0) is 52.3 Å². The number of sulfonamides is 1. The van der Waals surface area contributed by atoms with Crippen molar-refractivity contribution >= 4 is 43.2 Å². The largest absolute Gasteiger partial charge is 0.435 e. The van der Waals surface area contributed by atoms with E-state index in [2.05, 4.69) is 20.7 Å². The summed E-state index contributed by atoms with van der Waals surface area (Å²) in [6.45, 7) is -2.04. The minimum atomic E-state index is -3.58. The number of hydrogen-bond acceptors (Lipinski definition) is 5. The van der Waals surface area contributed by atoms with E-state index in [0.29, 0.717) is 5.56 Å². The molecule has 0 radical (unpaired) electrons. The number of carbonyl (C=O) groups excluding carboxylic acids is 1. The molecule has 27 heavy (non-hydrogen) atoms. The number of alkyl halides is 2. The molecule has 2 aromatic rings. The number of ether oxygens (including phenoxy) is 1. The maximum atomic E-state index is 12.6. The topological polar surface area (TPSA) is 66.9 Å². The van der Waals surface area contributed by atoms with E-state index < -0.39 is 16.6 Å². The van der Waals surface area contributed by atoms with Gasteiger partial charge in [-0.3, -0.25) is 4.79 Å². The predicted octanol–water partition coefficient (Wildman–Crippen LogP) is 3.26.